The highest BCUT2D eigenvalue weighted by Gasteiger charge is 2.44. The third-order valence-electron chi connectivity index (χ3n) is 4.93. The van der Waals surface area contributed by atoms with Crippen molar-refractivity contribution in [1.29, 1.82) is 0 Å². The molecule has 2 heterocycles. The third-order valence-corrected chi connectivity index (χ3v) is 4.93. The van der Waals surface area contributed by atoms with Gasteiger partial charge in [-0.25, -0.2) is 4.39 Å². The molecule has 0 saturated carbocycles. The first-order valence-corrected chi connectivity index (χ1v) is 8.66. The van der Waals surface area contributed by atoms with Gasteiger partial charge in [0.2, 0.25) is 11.8 Å². The van der Waals surface area contributed by atoms with Crippen LogP contribution < -0.4 is 15.5 Å². The monoisotopic (exact) mass is 349 g/mol. The number of hydrogen-bond donors (Lipinski definition) is 2. The van der Waals surface area contributed by atoms with Crippen molar-refractivity contribution in [3.63, 3.8) is 0 Å². The molecule has 2 aliphatic rings. The van der Waals surface area contributed by atoms with E-state index in [1.165, 1.54) is 19.1 Å². The SMILES string of the molecule is CC(=O)NCC(=O)N(c1ccc(F)cc1)[C@@H]1COC2(CCNCC2)C1. The molecule has 2 N–H and O–H groups in total. The highest BCUT2D eigenvalue weighted by atomic mass is 19.1. The molecule has 25 heavy (non-hydrogen) atoms. The fraction of sp³-hybridized carbons (Fsp3) is 0.556. The van der Waals surface area contributed by atoms with Crippen LogP contribution in [0.5, 0.6) is 0 Å². The summed E-state index contributed by atoms with van der Waals surface area (Å²) in [5, 5.41) is 5.87. The van der Waals surface area contributed by atoms with Gasteiger partial charge in [0.25, 0.3) is 0 Å². The Bertz CT molecular complexity index is 629. The predicted octanol–water partition coefficient (Wildman–Crippen LogP) is 1.21. The Morgan fingerprint density at radius 2 is 2.00 bits per heavy atom. The van der Waals surface area contributed by atoms with Gasteiger partial charge in [-0.15, -0.1) is 0 Å². The van der Waals surface area contributed by atoms with E-state index in [0.717, 1.165) is 32.4 Å². The van der Waals surface area contributed by atoms with Crippen molar-refractivity contribution >= 4 is 17.5 Å². The van der Waals surface area contributed by atoms with E-state index in [1.54, 1.807) is 17.0 Å². The third kappa shape index (κ3) is 4.16. The second kappa shape index (κ2) is 7.49. The van der Waals surface area contributed by atoms with Crippen molar-refractivity contribution in [2.45, 2.75) is 37.8 Å². The van der Waals surface area contributed by atoms with Crippen LogP contribution in [0.3, 0.4) is 0 Å². The highest BCUT2D eigenvalue weighted by molar-refractivity contribution is 5.97. The molecule has 2 amide bonds. The van der Waals surface area contributed by atoms with Crippen molar-refractivity contribution in [1.82, 2.24) is 10.6 Å². The summed E-state index contributed by atoms with van der Waals surface area (Å²) in [5.41, 5.74) is 0.430. The number of hydrogen-bond acceptors (Lipinski definition) is 4. The number of halogens is 1. The Labute approximate surface area is 146 Å². The predicted molar refractivity (Wildman–Crippen MR) is 91.8 cm³/mol. The Balaban J connectivity index is 1.79. The van der Waals surface area contributed by atoms with E-state index in [0.29, 0.717) is 12.3 Å². The molecule has 1 aromatic carbocycles. The fourth-order valence-electron chi connectivity index (χ4n) is 3.66. The molecule has 1 spiro atoms. The maximum absolute atomic E-state index is 13.3. The summed E-state index contributed by atoms with van der Waals surface area (Å²) in [6.07, 6.45) is 2.58. The number of benzene rings is 1. The lowest BCUT2D eigenvalue weighted by Crippen LogP contribution is -2.47. The van der Waals surface area contributed by atoms with Gasteiger partial charge in [-0.1, -0.05) is 0 Å². The first-order chi connectivity index (χ1) is 12.0. The van der Waals surface area contributed by atoms with Crippen LogP contribution in [0.4, 0.5) is 10.1 Å². The lowest BCUT2D eigenvalue weighted by atomic mass is 9.88. The van der Waals surface area contributed by atoms with E-state index in [1.807, 2.05) is 0 Å². The highest BCUT2D eigenvalue weighted by Crippen LogP contribution is 2.37. The molecule has 2 fully saturated rings. The molecule has 0 aliphatic carbocycles. The Morgan fingerprint density at radius 1 is 1.32 bits per heavy atom. The van der Waals surface area contributed by atoms with E-state index >= 15 is 0 Å². The van der Waals surface area contributed by atoms with Gasteiger partial charge >= 0.3 is 0 Å². The summed E-state index contributed by atoms with van der Waals surface area (Å²) in [6, 6.07) is 5.74. The van der Waals surface area contributed by atoms with Crippen LogP contribution in [0, 0.1) is 5.82 Å². The molecule has 2 saturated heterocycles. The van der Waals surface area contributed by atoms with Crippen molar-refractivity contribution in [3.05, 3.63) is 30.1 Å². The standard InChI is InChI=1S/C18H24FN3O3/c1-13(23)21-11-17(24)22(15-4-2-14(19)3-5-15)16-10-18(25-12-16)6-8-20-9-7-18/h2-5,16,20H,6-12H2,1H3,(H,21,23)/t16-/m0/s1. The van der Waals surface area contributed by atoms with E-state index in [-0.39, 0.29) is 35.8 Å². The van der Waals surface area contributed by atoms with Crippen LogP contribution in [0.2, 0.25) is 0 Å². The maximum atomic E-state index is 13.3. The number of rotatable bonds is 4. The second-order valence-electron chi connectivity index (χ2n) is 6.75. The molecular weight excluding hydrogens is 325 g/mol. The number of amides is 2. The number of piperidine rings is 1. The summed E-state index contributed by atoms with van der Waals surface area (Å²) < 4.78 is 19.4. The van der Waals surface area contributed by atoms with Gasteiger partial charge in [-0.2, -0.15) is 0 Å². The minimum Gasteiger partial charge on any atom is -0.373 e. The van der Waals surface area contributed by atoms with E-state index in [2.05, 4.69) is 10.6 Å². The van der Waals surface area contributed by atoms with Crippen molar-refractivity contribution in [3.8, 4) is 0 Å². The first kappa shape index (κ1) is 17.8. The molecule has 7 heteroatoms. The minimum absolute atomic E-state index is 0.0856. The summed E-state index contributed by atoms with van der Waals surface area (Å²) >= 11 is 0. The fourth-order valence-corrected chi connectivity index (χ4v) is 3.66. The largest absolute Gasteiger partial charge is 0.373 e. The van der Waals surface area contributed by atoms with Crippen LogP contribution in [0.1, 0.15) is 26.2 Å². The number of nitrogens with zero attached hydrogens (tertiary/aromatic N) is 1. The molecule has 3 rings (SSSR count). The summed E-state index contributed by atoms with van der Waals surface area (Å²) in [4.78, 5) is 25.5. The molecule has 2 aliphatic heterocycles. The lowest BCUT2D eigenvalue weighted by Gasteiger charge is -2.34. The molecule has 136 valence electrons. The molecular formula is C18H24FN3O3. The number of anilines is 1. The summed E-state index contributed by atoms with van der Waals surface area (Å²) in [5.74, 6) is -0.832. The minimum atomic E-state index is -0.351. The van der Waals surface area contributed by atoms with Crippen molar-refractivity contribution < 1.29 is 18.7 Å². The van der Waals surface area contributed by atoms with Crippen molar-refractivity contribution in [2.24, 2.45) is 0 Å². The Morgan fingerprint density at radius 3 is 2.64 bits per heavy atom. The average Bonchev–Trinajstić information content (AvgIpc) is 2.98. The zero-order chi connectivity index (χ0) is 17.9. The second-order valence-corrected chi connectivity index (χ2v) is 6.75. The lowest BCUT2D eigenvalue weighted by molar-refractivity contribution is -0.123. The first-order valence-electron chi connectivity index (χ1n) is 8.66. The van der Waals surface area contributed by atoms with Gasteiger partial charge in [0.15, 0.2) is 0 Å². The summed E-state index contributed by atoms with van der Waals surface area (Å²) in [6.45, 7) is 3.55. The van der Waals surface area contributed by atoms with E-state index in [4.69, 9.17) is 4.74 Å². The Kier molecular flexibility index (Phi) is 5.34. The zero-order valence-electron chi connectivity index (χ0n) is 14.4. The van der Waals surface area contributed by atoms with Crippen LogP contribution >= 0.6 is 0 Å². The topological polar surface area (TPSA) is 70.7 Å². The van der Waals surface area contributed by atoms with E-state index in [9.17, 15) is 14.0 Å². The number of carbonyl (C=O) groups excluding carboxylic acids is 2. The van der Waals surface area contributed by atoms with E-state index < -0.39 is 0 Å². The number of ether oxygens (including phenoxy) is 1. The molecule has 0 bridgehead atoms. The molecule has 0 unspecified atom stereocenters. The number of nitrogens with one attached hydrogen (secondary N) is 2. The van der Waals surface area contributed by atoms with Gasteiger partial charge in [-0.05, 0) is 56.6 Å². The number of carbonyl (C=O) groups is 2. The van der Waals surface area contributed by atoms with Crippen LogP contribution in [0.15, 0.2) is 24.3 Å². The van der Waals surface area contributed by atoms with Crippen LogP contribution in [-0.2, 0) is 14.3 Å². The van der Waals surface area contributed by atoms with Gasteiger partial charge < -0.3 is 20.3 Å². The van der Waals surface area contributed by atoms with Gasteiger partial charge in [0.1, 0.15) is 5.82 Å². The molecule has 0 radical (unpaired) electrons. The van der Waals surface area contributed by atoms with Gasteiger partial charge in [-0.3, -0.25) is 9.59 Å². The van der Waals surface area contributed by atoms with Crippen LogP contribution in [-0.4, -0.2) is 49.7 Å². The molecule has 6 nitrogen and oxygen atoms in total. The Hall–Kier alpha value is -1.99. The average molecular weight is 349 g/mol. The molecule has 1 aromatic rings. The molecule has 0 aromatic heterocycles. The van der Waals surface area contributed by atoms with Gasteiger partial charge in [0, 0.05) is 12.6 Å². The smallest absolute Gasteiger partial charge is 0.246 e. The maximum Gasteiger partial charge on any atom is 0.246 e. The summed E-state index contributed by atoms with van der Waals surface area (Å²) in [7, 11) is 0. The molecule has 1 atom stereocenters. The normalized spacial score (nSPS) is 21.9. The van der Waals surface area contributed by atoms with Crippen LogP contribution in [0.25, 0.3) is 0 Å². The quantitative estimate of drug-likeness (QED) is 0.857. The van der Waals surface area contributed by atoms with Gasteiger partial charge in [0.05, 0.1) is 24.8 Å². The zero-order valence-corrected chi connectivity index (χ0v) is 14.4. The van der Waals surface area contributed by atoms with Crippen molar-refractivity contribution in [2.75, 3.05) is 31.1 Å².